The molecule has 2 fully saturated rings. The maximum Gasteiger partial charge on any atom is 0.416 e. The van der Waals surface area contributed by atoms with Gasteiger partial charge in [-0.25, -0.2) is 0 Å². The van der Waals surface area contributed by atoms with Crippen LogP contribution in [-0.4, -0.2) is 49.7 Å². The molecule has 2 aliphatic heterocycles. The van der Waals surface area contributed by atoms with Crippen molar-refractivity contribution in [1.82, 2.24) is 4.90 Å². The molecule has 0 aromatic heterocycles. The second kappa shape index (κ2) is 9.23. The zero-order valence-corrected chi connectivity index (χ0v) is 20.4. The highest BCUT2D eigenvalue weighted by molar-refractivity contribution is 5.85. The minimum Gasteiger partial charge on any atom is -0.461 e. The Bertz CT molecular complexity index is 1000. The molecule has 0 saturated carbocycles. The number of anilines is 1. The molecular weight excluding hydrogens is 465 g/mol. The average Bonchev–Trinajstić information content (AvgIpc) is 3.06. The number of carbonyl (C=O) groups excluding carboxylic acids is 1. The largest absolute Gasteiger partial charge is 0.461 e. The van der Waals surface area contributed by atoms with E-state index in [1.807, 2.05) is 4.90 Å². The van der Waals surface area contributed by atoms with E-state index in [9.17, 15) is 18.0 Å². The average molecular weight is 497 g/mol. The molecule has 4 aliphatic rings. The summed E-state index contributed by atoms with van der Waals surface area (Å²) in [6.45, 7) is 7.80. The van der Waals surface area contributed by atoms with Crippen LogP contribution in [0, 0.1) is 17.3 Å². The van der Waals surface area contributed by atoms with Crippen molar-refractivity contribution >= 4 is 24.1 Å². The molecule has 0 amide bonds. The Morgan fingerprint density at radius 1 is 1.18 bits per heavy atom. The number of benzene rings is 1. The van der Waals surface area contributed by atoms with Crippen molar-refractivity contribution in [2.24, 2.45) is 17.3 Å². The molecule has 1 aromatic rings. The van der Waals surface area contributed by atoms with Crippen LogP contribution in [0.4, 0.5) is 18.9 Å². The maximum absolute atomic E-state index is 13.1. The lowest BCUT2D eigenvalue weighted by Crippen LogP contribution is -2.49. The van der Waals surface area contributed by atoms with Gasteiger partial charge in [0, 0.05) is 44.3 Å². The van der Waals surface area contributed by atoms with Crippen LogP contribution in [0.5, 0.6) is 0 Å². The van der Waals surface area contributed by atoms with Gasteiger partial charge in [0.15, 0.2) is 0 Å². The van der Waals surface area contributed by atoms with Crippen LogP contribution in [0.3, 0.4) is 0 Å². The second-order valence-electron chi connectivity index (χ2n) is 10.3. The Hall–Kier alpha value is -1.99. The van der Waals surface area contributed by atoms with E-state index < -0.39 is 11.7 Å². The maximum atomic E-state index is 13.1. The zero-order chi connectivity index (χ0) is 23.4. The molecular formula is C26H32ClF3N2O2. The van der Waals surface area contributed by atoms with Gasteiger partial charge in [0.05, 0.1) is 11.5 Å². The van der Waals surface area contributed by atoms with Crippen molar-refractivity contribution in [3.63, 3.8) is 0 Å². The summed E-state index contributed by atoms with van der Waals surface area (Å²) in [6.07, 6.45) is 3.28. The van der Waals surface area contributed by atoms with E-state index in [1.165, 1.54) is 23.3 Å². The predicted octanol–water partition coefficient (Wildman–Crippen LogP) is 5.48. The Morgan fingerprint density at radius 2 is 1.91 bits per heavy atom. The highest BCUT2D eigenvalue weighted by Gasteiger charge is 2.51. The summed E-state index contributed by atoms with van der Waals surface area (Å²) in [5.41, 5.74) is 2.78. The monoisotopic (exact) mass is 496 g/mol. The van der Waals surface area contributed by atoms with Crippen LogP contribution in [0.2, 0.25) is 0 Å². The number of piperazine rings is 1. The Balaban J connectivity index is 0.00000274. The summed E-state index contributed by atoms with van der Waals surface area (Å²) in [7, 11) is 0. The normalized spacial score (nSPS) is 31.6. The number of ether oxygens (including phenoxy) is 1. The number of rotatable bonds is 3. The molecule has 186 valence electrons. The van der Waals surface area contributed by atoms with Gasteiger partial charge in [-0.05, 0) is 55.4 Å². The summed E-state index contributed by atoms with van der Waals surface area (Å²) in [5.74, 6) is -0.184. The van der Waals surface area contributed by atoms with Crippen LogP contribution in [-0.2, 0) is 15.7 Å². The number of esters is 1. The van der Waals surface area contributed by atoms with E-state index in [0.717, 1.165) is 25.3 Å². The van der Waals surface area contributed by atoms with Crippen molar-refractivity contribution < 1.29 is 22.7 Å². The predicted molar refractivity (Wildman–Crippen MR) is 128 cm³/mol. The lowest BCUT2D eigenvalue weighted by Gasteiger charge is -2.43. The first kappa shape index (κ1) is 25.1. The fourth-order valence-electron chi connectivity index (χ4n) is 6.18. The molecule has 0 bridgehead atoms. The molecule has 34 heavy (non-hydrogen) atoms. The molecule has 2 aliphatic carbocycles. The highest BCUT2D eigenvalue weighted by atomic mass is 35.5. The summed E-state index contributed by atoms with van der Waals surface area (Å²) >= 11 is 0. The van der Waals surface area contributed by atoms with Crippen LogP contribution in [0.1, 0.15) is 38.7 Å². The van der Waals surface area contributed by atoms with Gasteiger partial charge >= 0.3 is 12.1 Å². The number of fused-ring (bicyclic) bond motifs is 2. The van der Waals surface area contributed by atoms with Gasteiger partial charge in [-0.1, -0.05) is 30.7 Å². The first-order chi connectivity index (χ1) is 15.6. The van der Waals surface area contributed by atoms with Crippen molar-refractivity contribution in [3.8, 4) is 0 Å². The molecule has 8 heteroatoms. The molecule has 4 atom stereocenters. The minimum absolute atomic E-state index is 0. The van der Waals surface area contributed by atoms with Crippen LogP contribution in [0.15, 0.2) is 47.6 Å². The van der Waals surface area contributed by atoms with Crippen LogP contribution >= 0.6 is 12.4 Å². The summed E-state index contributed by atoms with van der Waals surface area (Å²) in [6, 6.07) is 5.52. The molecule has 1 aromatic carbocycles. The van der Waals surface area contributed by atoms with Crippen molar-refractivity contribution in [2.75, 3.05) is 37.6 Å². The topological polar surface area (TPSA) is 32.8 Å². The van der Waals surface area contributed by atoms with Gasteiger partial charge in [0.1, 0.15) is 6.10 Å². The number of hydrogen-bond donors (Lipinski definition) is 0. The van der Waals surface area contributed by atoms with Crippen molar-refractivity contribution in [2.45, 2.75) is 45.4 Å². The molecule has 4 nitrogen and oxygen atoms in total. The third-order valence-electron chi connectivity index (χ3n) is 8.06. The number of hydrogen-bond acceptors (Lipinski definition) is 4. The number of halogens is 4. The van der Waals surface area contributed by atoms with E-state index in [-0.39, 0.29) is 41.7 Å². The summed E-state index contributed by atoms with van der Waals surface area (Å²) in [4.78, 5) is 17.1. The number of carbonyl (C=O) groups is 1. The quantitative estimate of drug-likeness (QED) is 0.518. The number of allylic oxidation sites excluding steroid dienone is 3. The van der Waals surface area contributed by atoms with E-state index in [2.05, 4.69) is 30.9 Å². The van der Waals surface area contributed by atoms with E-state index >= 15 is 0 Å². The summed E-state index contributed by atoms with van der Waals surface area (Å²) in [5, 5.41) is 0. The SMILES string of the molecule is CC1=CCC[C@]2(C)C[C@H]3OC(=O)C(CN4CCN(c5cccc(C(F)(F)F)c5)CC4)[C@H]3C=C12.Cl. The smallest absolute Gasteiger partial charge is 0.416 e. The second-order valence-corrected chi connectivity index (χ2v) is 10.3. The first-order valence-corrected chi connectivity index (χ1v) is 11.9. The van der Waals surface area contributed by atoms with Gasteiger partial charge in [-0.15, -0.1) is 12.4 Å². The molecule has 2 saturated heterocycles. The fourth-order valence-corrected chi connectivity index (χ4v) is 6.18. The minimum atomic E-state index is -4.34. The van der Waals surface area contributed by atoms with Crippen molar-refractivity contribution in [1.29, 1.82) is 0 Å². The Kier molecular flexibility index (Phi) is 6.82. The van der Waals surface area contributed by atoms with Gasteiger partial charge in [-0.2, -0.15) is 13.2 Å². The van der Waals surface area contributed by atoms with Gasteiger partial charge in [0.2, 0.25) is 0 Å². The Labute approximate surface area is 205 Å². The number of alkyl halides is 3. The van der Waals surface area contributed by atoms with Gasteiger partial charge in [-0.3, -0.25) is 9.69 Å². The summed E-state index contributed by atoms with van der Waals surface area (Å²) < 4.78 is 45.1. The third-order valence-corrected chi connectivity index (χ3v) is 8.06. The van der Waals surface area contributed by atoms with Crippen LogP contribution < -0.4 is 4.90 Å². The first-order valence-electron chi connectivity index (χ1n) is 11.9. The third kappa shape index (κ3) is 4.61. The molecule has 0 spiro atoms. The van der Waals surface area contributed by atoms with E-state index in [0.29, 0.717) is 38.4 Å². The molecule has 1 unspecified atom stereocenters. The Morgan fingerprint density at radius 3 is 2.62 bits per heavy atom. The van der Waals surface area contributed by atoms with E-state index in [4.69, 9.17) is 4.74 Å². The van der Waals surface area contributed by atoms with Gasteiger partial charge in [0.25, 0.3) is 0 Å². The zero-order valence-electron chi connectivity index (χ0n) is 19.6. The van der Waals surface area contributed by atoms with Gasteiger partial charge < -0.3 is 9.64 Å². The van der Waals surface area contributed by atoms with E-state index in [1.54, 1.807) is 6.07 Å². The molecule has 0 radical (unpaired) electrons. The van der Waals surface area contributed by atoms with Crippen LogP contribution in [0.25, 0.3) is 0 Å². The number of nitrogens with zero attached hydrogens (tertiary/aromatic N) is 2. The lowest BCUT2D eigenvalue weighted by atomic mass is 9.62. The molecule has 5 rings (SSSR count). The van der Waals surface area contributed by atoms with Crippen molar-refractivity contribution in [3.05, 3.63) is 53.1 Å². The fraction of sp³-hybridized carbons (Fsp3) is 0.577. The molecule has 2 heterocycles. The standard InChI is InChI=1S/C26H31F3N2O2.ClH/c1-17-5-4-8-25(2)15-23-20(14-22(17)25)21(24(32)33-23)16-30-9-11-31(12-10-30)19-7-3-6-18(13-19)26(27,28)29;/h3,5-7,13-14,20-21,23H,4,8-12,15-16H2,1-2H3;1H/t20-,21?,23-,25-;/m1./s1. The molecule has 0 N–H and O–H groups in total. The highest BCUT2D eigenvalue weighted by Crippen LogP contribution is 2.52. The lowest BCUT2D eigenvalue weighted by molar-refractivity contribution is -0.145.